The maximum atomic E-state index is 5.93. The molecule has 0 saturated carbocycles. The number of hydrogen-bond donors (Lipinski definition) is 0. The van der Waals surface area contributed by atoms with Crippen LogP contribution in [0.25, 0.3) is 0 Å². The summed E-state index contributed by atoms with van der Waals surface area (Å²) in [7, 11) is 1.92. The van der Waals surface area contributed by atoms with Crippen LogP contribution >= 0.6 is 11.8 Å². The van der Waals surface area contributed by atoms with E-state index < -0.39 is 0 Å². The molecule has 0 atom stereocenters. The summed E-state index contributed by atoms with van der Waals surface area (Å²) in [5.41, 5.74) is 0. The third-order valence-electron chi connectivity index (χ3n) is 1.02. The third-order valence-corrected chi connectivity index (χ3v) is 1.30. The van der Waals surface area contributed by atoms with Crippen molar-refractivity contribution in [3.8, 4) is 0 Å². The van der Waals surface area contributed by atoms with Crippen molar-refractivity contribution in [3.05, 3.63) is 25.3 Å². The number of likely N-dealkylation sites (N-methyl/N-ethyl adjacent to an activating group) is 1. The molecule has 0 unspecified atom stereocenters. The lowest BCUT2D eigenvalue weighted by Gasteiger charge is -2.20. The van der Waals surface area contributed by atoms with E-state index in [1.165, 1.54) is 0 Å². The highest BCUT2D eigenvalue weighted by Crippen LogP contribution is 2.06. The van der Waals surface area contributed by atoms with E-state index in [9.17, 15) is 0 Å². The van der Waals surface area contributed by atoms with Gasteiger partial charge in [-0.15, -0.1) is 0 Å². The molecule has 0 aromatic heterocycles. The van der Waals surface area contributed by atoms with Crippen LogP contribution in [0.4, 0.5) is 0 Å². The first-order valence-electron chi connectivity index (χ1n) is 2.88. The van der Waals surface area contributed by atoms with Crippen molar-refractivity contribution in [1.29, 1.82) is 0 Å². The van der Waals surface area contributed by atoms with Crippen LogP contribution in [0.2, 0.25) is 0 Å². The second-order valence-corrected chi connectivity index (χ2v) is 3.02. The van der Waals surface area contributed by atoms with E-state index in [2.05, 4.69) is 13.2 Å². The van der Waals surface area contributed by atoms with Gasteiger partial charge in [0.25, 0.3) is 0 Å². The Labute approximate surface area is 61.9 Å². The zero-order valence-electron chi connectivity index (χ0n) is 5.81. The first-order valence-corrected chi connectivity index (χ1v) is 3.22. The minimum Gasteiger partial charge on any atom is -0.218 e. The highest BCUT2D eigenvalue weighted by molar-refractivity contribution is 6.06. The molecule has 0 fully saturated rings. The molecule has 0 radical (unpaired) electrons. The Morgan fingerprint density at radius 1 is 1.33 bits per heavy atom. The van der Waals surface area contributed by atoms with Gasteiger partial charge < -0.3 is 0 Å². The van der Waals surface area contributed by atoms with E-state index >= 15 is 0 Å². The fourth-order valence-electron chi connectivity index (χ4n) is 0.613. The third kappa shape index (κ3) is 4.25. The number of halogens is 1. The normalized spacial score (nSPS) is 10.9. The van der Waals surface area contributed by atoms with Crippen LogP contribution in [-0.4, -0.2) is 24.1 Å². The molecule has 0 saturated heterocycles. The maximum absolute atomic E-state index is 5.93. The lowest BCUT2D eigenvalue weighted by atomic mass is 10.5. The van der Waals surface area contributed by atoms with Gasteiger partial charge in [0.15, 0.2) is 11.8 Å². The van der Waals surface area contributed by atoms with Gasteiger partial charge >= 0.3 is 0 Å². The summed E-state index contributed by atoms with van der Waals surface area (Å²) < 4.78 is 0.424. The van der Waals surface area contributed by atoms with Gasteiger partial charge in [-0.1, -0.05) is 13.2 Å². The van der Waals surface area contributed by atoms with Crippen molar-refractivity contribution >= 4 is 11.8 Å². The molecule has 0 bridgehead atoms. The van der Waals surface area contributed by atoms with Crippen molar-refractivity contribution in [3.63, 3.8) is 0 Å². The van der Waals surface area contributed by atoms with Gasteiger partial charge in [-0.2, -0.15) is 0 Å². The minimum atomic E-state index is 0.424. The number of quaternary nitrogens is 1. The molecular formula is C7H13ClN+. The molecule has 0 aromatic carbocycles. The number of hydrogen-bond acceptors (Lipinski definition) is 0. The standard InChI is InChI=1S/C7H13ClN/c1-4-6-9(3,8)7-5-2/h4-5H,1-2,6-7H2,3H3/q+1. The van der Waals surface area contributed by atoms with Crippen molar-refractivity contribution < 1.29 is 4.00 Å². The monoisotopic (exact) mass is 146 g/mol. The van der Waals surface area contributed by atoms with Crippen LogP contribution in [0.15, 0.2) is 25.3 Å². The molecule has 9 heavy (non-hydrogen) atoms. The lowest BCUT2D eigenvalue weighted by molar-refractivity contribution is -0.780. The molecule has 0 aromatic rings. The Hall–Kier alpha value is -0.270. The van der Waals surface area contributed by atoms with Gasteiger partial charge in [-0.3, -0.25) is 0 Å². The van der Waals surface area contributed by atoms with Crippen LogP contribution in [0.5, 0.6) is 0 Å². The van der Waals surface area contributed by atoms with Gasteiger partial charge in [0.2, 0.25) is 0 Å². The average Bonchev–Trinajstić information content (AvgIpc) is 1.64. The molecule has 0 rings (SSSR count). The van der Waals surface area contributed by atoms with E-state index in [1.807, 2.05) is 7.05 Å². The van der Waals surface area contributed by atoms with Gasteiger partial charge in [-0.05, 0) is 12.2 Å². The average molecular weight is 147 g/mol. The van der Waals surface area contributed by atoms with E-state index in [-0.39, 0.29) is 0 Å². The van der Waals surface area contributed by atoms with Crippen molar-refractivity contribution in [2.75, 3.05) is 20.1 Å². The van der Waals surface area contributed by atoms with Gasteiger partial charge in [0.05, 0.1) is 7.05 Å². The summed E-state index contributed by atoms with van der Waals surface area (Å²) in [5.74, 6) is 0. The molecule has 2 heteroatoms. The number of nitrogens with zero attached hydrogens (tertiary/aromatic N) is 1. The topological polar surface area (TPSA) is 0 Å². The number of rotatable bonds is 4. The highest BCUT2D eigenvalue weighted by atomic mass is 35.5. The predicted octanol–water partition coefficient (Wildman–Crippen LogP) is 1.96. The molecule has 0 spiro atoms. The molecule has 52 valence electrons. The van der Waals surface area contributed by atoms with Gasteiger partial charge in [0.1, 0.15) is 13.1 Å². The van der Waals surface area contributed by atoms with Crippen LogP contribution in [0.1, 0.15) is 0 Å². The maximum Gasteiger partial charge on any atom is 0.165 e. The van der Waals surface area contributed by atoms with Crippen molar-refractivity contribution in [1.82, 2.24) is 0 Å². The summed E-state index contributed by atoms with van der Waals surface area (Å²) in [6.07, 6.45) is 3.60. The summed E-state index contributed by atoms with van der Waals surface area (Å²) in [4.78, 5) is 0. The SMILES string of the molecule is C=CC[N+](C)(Cl)CC=C. The Morgan fingerprint density at radius 3 is 1.89 bits per heavy atom. The molecule has 0 N–H and O–H groups in total. The first kappa shape index (κ1) is 8.73. The molecule has 0 heterocycles. The molecule has 0 aliphatic carbocycles. The van der Waals surface area contributed by atoms with Crippen molar-refractivity contribution in [2.45, 2.75) is 0 Å². The summed E-state index contributed by atoms with van der Waals surface area (Å²) >= 11 is 5.93. The van der Waals surface area contributed by atoms with E-state index in [4.69, 9.17) is 11.8 Å². The molecular weight excluding hydrogens is 134 g/mol. The quantitative estimate of drug-likeness (QED) is 0.420. The largest absolute Gasteiger partial charge is 0.218 e. The van der Waals surface area contributed by atoms with Crippen LogP contribution in [-0.2, 0) is 0 Å². The lowest BCUT2D eigenvalue weighted by Crippen LogP contribution is -2.33. The Bertz CT molecular complexity index is 95.5. The Kier molecular flexibility index (Phi) is 3.59. The zero-order chi connectivity index (χ0) is 7.33. The molecule has 1 nitrogen and oxygen atoms in total. The molecule has 0 aliphatic rings. The van der Waals surface area contributed by atoms with Crippen LogP contribution < -0.4 is 0 Å². The Morgan fingerprint density at radius 2 is 1.67 bits per heavy atom. The van der Waals surface area contributed by atoms with E-state index in [0.717, 1.165) is 13.1 Å². The van der Waals surface area contributed by atoms with Crippen LogP contribution in [0, 0.1) is 0 Å². The zero-order valence-corrected chi connectivity index (χ0v) is 6.56. The second-order valence-electron chi connectivity index (χ2n) is 2.21. The van der Waals surface area contributed by atoms with Gasteiger partial charge in [0, 0.05) is 0 Å². The van der Waals surface area contributed by atoms with Crippen molar-refractivity contribution in [2.24, 2.45) is 0 Å². The highest BCUT2D eigenvalue weighted by Gasteiger charge is 2.13. The van der Waals surface area contributed by atoms with Gasteiger partial charge in [-0.25, -0.2) is 4.00 Å². The fraction of sp³-hybridized carbons (Fsp3) is 0.429. The minimum absolute atomic E-state index is 0.424. The second kappa shape index (κ2) is 3.70. The van der Waals surface area contributed by atoms with E-state index in [1.54, 1.807) is 12.2 Å². The first-order chi connectivity index (χ1) is 4.12. The summed E-state index contributed by atoms with van der Waals surface area (Å²) in [6, 6.07) is 0. The molecule has 0 aliphatic heterocycles. The Balaban J connectivity index is 3.68. The fourth-order valence-corrected chi connectivity index (χ4v) is 0.808. The smallest absolute Gasteiger partial charge is 0.165 e. The molecule has 0 amide bonds. The van der Waals surface area contributed by atoms with E-state index in [0.29, 0.717) is 4.00 Å². The predicted molar refractivity (Wildman–Crippen MR) is 42.2 cm³/mol. The van der Waals surface area contributed by atoms with Crippen LogP contribution in [0.3, 0.4) is 0 Å². The summed E-state index contributed by atoms with van der Waals surface area (Å²) in [6.45, 7) is 8.73. The summed E-state index contributed by atoms with van der Waals surface area (Å²) in [5, 5.41) is 0.